The number of piperidine rings is 1. The molecule has 3 aliphatic rings. The Hall–Kier alpha value is -3.72. The number of nitrogens with one attached hydrogen (secondary N) is 1. The lowest BCUT2D eigenvalue weighted by atomic mass is 10.0. The summed E-state index contributed by atoms with van der Waals surface area (Å²) in [5.41, 5.74) is 2.72. The van der Waals surface area contributed by atoms with Gasteiger partial charge in [0.2, 0.25) is 17.7 Å². The molecule has 1 unspecified atom stereocenters. The number of ether oxygens (including phenoxy) is 2. The molecule has 2 saturated heterocycles. The highest BCUT2D eigenvalue weighted by atomic mass is 16.5. The van der Waals surface area contributed by atoms with E-state index in [0.717, 1.165) is 11.1 Å². The van der Waals surface area contributed by atoms with Gasteiger partial charge in [0.25, 0.3) is 5.91 Å². The molecule has 176 valence electrons. The summed E-state index contributed by atoms with van der Waals surface area (Å²) in [5, 5.41) is 2.30. The van der Waals surface area contributed by atoms with E-state index in [1.165, 1.54) is 4.90 Å². The molecule has 5 rings (SSSR count). The van der Waals surface area contributed by atoms with Gasteiger partial charge in [-0.15, -0.1) is 0 Å². The van der Waals surface area contributed by atoms with Crippen LogP contribution in [0.3, 0.4) is 0 Å². The van der Waals surface area contributed by atoms with Crippen molar-refractivity contribution in [2.45, 2.75) is 38.6 Å². The van der Waals surface area contributed by atoms with E-state index in [4.69, 9.17) is 10.8 Å². The smallest absolute Gasteiger partial charge is 0.255 e. The van der Waals surface area contributed by atoms with E-state index in [9.17, 15) is 19.2 Å². The molecule has 2 fully saturated rings. The Labute approximate surface area is 198 Å². The van der Waals surface area contributed by atoms with Crippen LogP contribution < -0.4 is 10.1 Å². The third-order valence-corrected chi connectivity index (χ3v) is 6.32. The Kier molecular flexibility index (Phi) is 5.68. The highest BCUT2D eigenvalue weighted by Crippen LogP contribution is 2.34. The summed E-state index contributed by atoms with van der Waals surface area (Å²) in [4.78, 5) is 51.9. The van der Waals surface area contributed by atoms with Crippen molar-refractivity contribution in [2.75, 3.05) is 19.8 Å². The molecular formula is C25H25N3O6. The minimum absolute atomic E-state index is 0.0735. The van der Waals surface area contributed by atoms with Crippen LogP contribution in [0.4, 0.5) is 0 Å². The van der Waals surface area contributed by atoms with Gasteiger partial charge in [0, 0.05) is 30.6 Å². The van der Waals surface area contributed by atoms with Gasteiger partial charge in [-0.05, 0) is 29.7 Å². The highest BCUT2D eigenvalue weighted by molar-refractivity contribution is 6.05. The molecule has 9 heteroatoms. The van der Waals surface area contributed by atoms with Crippen LogP contribution in [0.5, 0.6) is 5.75 Å². The molecule has 34 heavy (non-hydrogen) atoms. The number of benzene rings is 2. The van der Waals surface area contributed by atoms with Crippen LogP contribution in [0, 0.1) is 0 Å². The lowest BCUT2D eigenvalue weighted by Crippen LogP contribution is -2.52. The Morgan fingerprint density at radius 1 is 1.12 bits per heavy atom. The van der Waals surface area contributed by atoms with E-state index in [1.54, 1.807) is 29.2 Å². The zero-order valence-electron chi connectivity index (χ0n) is 19.5. The topological polar surface area (TPSA) is 105 Å². The Balaban J connectivity index is 1.26. The maximum Gasteiger partial charge on any atom is 0.255 e. The SMILES string of the molecule is [2H]c1cc(COc2cccc3c2CN(C2CCC(=O)NC2=O)C3=O)ccc1CN1CCOCC1=O. The third kappa shape index (κ3) is 4.38. The molecule has 3 heterocycles. The molecule has 0 bridgehead atoms. The highest BCUT2D eigenvalue weighted by Gasteiger charge is 2.40. The van der Waals surface area contributed by atoms with Crippen molar-refractivity contribution in [3.63, 3.8) is 0 Å². The summed E-state index contributed by atoms with van der Waals surface area (Å²) in [7, 11) is 0. The van der Waals surface area contributed by atoms with Gasteiger partial charge < -0.3 is 19.3 Å². The van der Waals surface area contributed by atoms with E-state index in [2.05, 4.69) is 5.32 Å². The van der Waals surface area contributed by atoms with Gasteiger partial charge in [0.05, 0.1) is 14.5 Å². The van der Waals surface area contributed by atoms with Crippen LogP contribution in [0.15, 0.2) is 42.4 Å². The number of carbonyl (C=O) groups excluding carboxylic acids is 4. The second-order valence-electron chi connectivity index (χ2n) is 8.56. The van der Waals surface area contributed by atoms with Crippen molar-refractivity contribution in [3.8, 4) is 5.75 Å². The van der Waals surface area contributed by atoms with Gasteiger partial charge in [-0.1, -0.05) is 30.3 Å². The first kappa shape index (κ1) is 20.9. The van der Waals surface area contributed by atoms with Crippen LogP contribution in [-0.2, 0) is 38.8 Å². The number of rotatable bonds is 6. The fraction of sp³-hybridized carbons (Fsp3) is 0.360. The molecular weight excluding hydrogens is 438 g/mol. The molecule has 0 aliphatic carbocycles. The van der Waals surface area contributed by atoms with Gasteiger partial charge in [0.1, 0.15) is 25.0 Å². The van der Waals surface area contributed by atoms with E-state index < -0.39 is 11.9 Å². The Bertz CT molecular complexity index is 1220. The monoisotopic (exact) mass is 464 g/mol. The van der Waals surface area contributed by atoms with Crippen molar-refractivity contribution in [3.05, 3.63) is 64.7 Å². The van der Waals surface area contributed by atoms with Crippen molar-refractivity contribution in [1.29, 1.82) is 0 Å². The summed E-state index contributed by atoms with van der Waals surface area (Å²) in [6, 6.07) is 10.3. The fourth-order valence-electron chi connectivity index (χ4n) is 4.45. The summed E-state index contributed by atoms with van der Waals surface area (Å²) < 4.78 is 19.5. The van der Waals surface area contributed by atoms with Crippen molar-refractivity contribution < 1.29 is 30.0 Å². The molecule has 3 aliphatic heterocycles. The maximum atomic E-state index is 13.0. The normalized spacial score (nSPS) is 20.8. The zero-order chi connectivity index (χ0) is 24.5. The van der Waals surface area contributed by atoms with Crippen LogP contribution in [0.25, 0.3) is 0 Å². The van der Waals surface area contributed by atoms with E-state index >= 15 is 0 Å². The average Bonchev–Trinajstić information content (AvgIpc) is 3.17. The number of fused-ring (bicyclic) bond motifs is 1. The lowest BCUT2D eigenvalue weighted by Gasteiger charge is -2.29. The average molecular weight is 464 g/mol. The molecule has 0 saturated carbocycles. The predicted octanol–water partition coefficient (Wildman–Crippen LogP) is 1.39. The van der Waals surface area contributed by atoms with Gasteiger partial charge in [-0.25, -0.2) is 0 Å². The molecule has 2 aromatic carbocycles. The minimum Gasteiger partial charge on any atom is -0.489 e. The van der Waals surface area contributed by atoms with Gasteiger partial charge >= 0.3 is 0 Å². The Morgan fingerprint density at radius 3 is 2.76 bits per heavy atom. The molecule has 2 aromatic rings. The molecule has 0 spiro atoms. The second kappa shape index (κ2) is 9.26. The third-order valence-electron chi connectivity index (χ3n) is 6.32. The number of morpholine rings is 1. The first-order valence-electron chi connectivity index (χ1n) is 11.7. The maximum absolute atomic E-state index is 13.0. The minimum atomic E-state index is -0.683. The standard InChI is InChI=1S/C25H25N3O6/c29-22-9-8-20(24(31)26-22)28-13-19-18(25(28)32)2-1-3-21(19)34-14-17-6-4-16(5-7-17)12-27-10-11-33-15-23(27)30/h1-7,20H,8-15H2,(H,26,29,31)/i4D. The van der Waals surface area contributed by atoms with Crippen molar-refractivity contribution in [2.24, 2.45) is 0 Å². The number of hydrogen-bond donors (Lipinski definition) is 1. The largest absolute Gasteiger partial charge is 0.489 e. The molecule has 4 amide bonds. The molecule has 9 nitrogen and oxygen atoms in total. The van der Waals surface area contributed by atoms with Gasteiger partial charge in [-0.3, -0.25) is 24.5 Å². The Morgan fingerprint density at radius 2 is 1.97 bits per heavy atom. The zero-order valence-corrected chi connectivity index (χ0v) is 18.5. The molecule has 0 radical (unpaired) electrons. The van der Waals surface area contributed by atoms with E-state index in [-0.39, 0.29) is 43.9 Å². The number of carbonyl (C=O) groups is 4. The second-order valence-corrected chi connectivity index (χ2v) is 8.56. The van der Waals surface area contributed by atoms with Crippen LogP contribution >= 0.6 is 0 Å². The summed E-state index contributed by atoms with van der Waals surface area (Å²) in [5.74, 6) is -0.570. The molecule has 1 N–H and O–H groups in total. The molecule has 1 atom stereocenters. The van der Waals surface area contributed by atoms with Crippen molar-refractivity contribution >= 4 is 23.6 Å². The summed E-state index contributed by atoms with van der Waals surface area (Å²) >= 11 is 0. The van der Waals surface area contributed by atoms with Gasteiger partial charge in [-0.2, -0.15) is 0 Å². The lowest BCUT2D eigenvalue weighted by molar-refractivity contribution is -0.143. The predicted molar refractivity (Wildman–Crippen MR) is 119 cm³/mol. The quantitative estimate of drug-likeness (QED) is 0.648. The molecule has 0 aromatic heterocycles. The van der Waals surface area contributed by atoms with Gasteiger partial charge in [0.15, 0.2) is 0 Å². The number of nitrogens with zero attached hydrogens (tertiary/aromatic N) is 2. The van der Waals surface area contributed by atoms with Crippen LogP contribution in [-0.4, -0.2) is 59.2 Å². The number of hydrogen-bond acceptors (Lipinski definition) is 6. The fourth-order valence-corrected chi connectivity index (χ4v) is 4.45. The van der Waals surface area contributed by atoms with Crippen molar-refractivity contribution in [1.82, 2.24) is 15.1 Å². The number of imide groups is 1. The van der Waals surface area contributed by atoms with Crippen LogP contribution in [0.1, 0.15) is 41.3 Å². The van der Waals surface area contributed by atoms with E-state index in [1.807, 2.05) is 12.1 Å². The first-order valence-corrected chi connectivity index (χ1v) is 11.2. The first-order chi connectivity index (χ1) is 16.9. The summed E-state index contributed by atoms with van der Waals surface area (Å²) in [6.07, 6.45) is 0.500. The van der Waals surface area contributed by atoms with E-state index in [0.29, 0.717) is 49.0 Å². The number of amides is 4. The summed E-state index contributed by atoms with van der Waals surface area (Å²) in [6.45, 7) is 1.88. The van der Waals surface area contributed by atoms with Crippen LogP contribution in [0.2, 0.25) is 0 Å².